The zero-order valence-electron chi connectivity index (χ0n) is 10.2. The Morgan fingerprint density at radius 1 is 1.68 bits per heavy atom. The molecule has 4 N–H and O–H groups in total. The molecule has 8 nitrogen and oxygen atoms in total. The van der Waals surface area contributed by atoms with E-state index in [1.807, 2.05) is 0 Å². The van der Waals surface area contributed by atoms with Gasteiger partial charge in [-0.15, -0.1) is 0 Å². The summed E-state index contributed by atoms with van der Waals surface area (Å²) in [5, 5.41) is 23.2. The second kappa shape index (κ2) is 4.39. The molecule has 2 rings (SSSR count). The number of carbonyl (C=O) groups is 1. The van der Waals surface area contributed by atoms with Crippen LogP contribution in [0, 0.1) is 10.1 Å². The third-order valence-corrected chi connectivity index (χ3v) is 2.88. The largest absolute Gasteiger partial charge is 0.489 e. The van der Waals surface area contributed by atoms with E-state index in [2.05, 4.69) is 5.32 Å². The summed E-state index contributed by atoms with van der Waals surface area (Å²) < 4.78 is 5.38. The predicted molar refractivity (Wildman–Crippen MR) is 66.2 cm³/mol. The van der Waals surface area contributed by atoms with Crippen LogP contribution in [-0.4, -0.2) is 34.7 Å². The highest BCUT2D eigenvalue weighted by Crippen LogP contribution is 2.40. The van der Waals surface area contributed by atoms with Gasteiger partial charge in [0.25, 0.3) is 5.69 Å². The number of nitro groups is 1. The van der Waals surface area contributed by atoms with E-state index in [-0.39, 0.29) is 35.9 Å². The van der Waals surface area contributed by atoms with Crippen LogP contribution < -0.4 is 15.8 Å². The first-order chi connectivity index (χ1) is 8.86. The Balaban J connectivity index is 2.57. The molecular formula is C11H13N3O5. The topological polar surface area (TPSA) is 128 Å². The number of hydrogen-bond acceptors (Lipinski definition) is 6. The van der Waals surface area contributed by atoms with Gasteiger partial charge >= 0.3 is 0 Å². The average Bonchev–Trinajstić information content (AvgIpc) is 2.37. The number of benzene rings is 1. The van der Waals surface area contributed by atoms with E-state index in [1.54, 1.807) is 6.92 Å². The van der Waals surface area contributed by atoms with Crippen LogP contribution in [-0.2, 0) is 0 Å². The monoisotopic (exact) mass is 267 g/mol. The number of nitrogens with one attached hydrogen (secondary N) is 1. The Morgan fingerprint density at radius 3 is 2.89 bits per heavy atom. The van der Waals surface area contributed by atoms with E-state index in [0.717, 1.165) is 6.07 Å². The van der Waals surface area contributed by atoms with Gasteiger partial charge in [-0.25, -0.2) is 0 Å². The predicted octanol–water partition coefficient (Wildman–Crippen LogP) is 0.249. The molecule has 102 valence electrons. The molecule has 1 aliphatic heterocycles. The van der Waals surface area contributed by atoms with Crippen molar-refractivity contribution in [2.45, 2.75) is 12.5 Å². The van der Waals surface area contributed by atoms with E-state index in [4.69, 9.17) is 10.5 Å². The summed E-state index contributed by atoms with van der Waals surface area (Å²) in [6.07, 6.45) is 0. The van der Waals surface area contributed by atoms with Crippen molar-refractivity contribution in [3.63, 3.8) is 0 Å². The molecule has 0 saturated carbocycles. The lowest BCUT2D eigenvalue weighted by molar-refractivity contribution is -0.384. The van der Waals surface area contributed by atoms with Crippen molar-refractivity contribution in [3.05, 3.63) is 27.8 Å². The summed E-state index contributed by atoms with van der Waals surface area (Å²) in [4.78, 5) is 21.5. The van der Waals surface area contributed by atoms with Crippen LogP contribution in [0.4, 0.5) is 11.4 Å². The summed E-state index contributed by atoms with van der Waals surface area (Å²) in [6.45, 7) is 1.54. The fourth-order valence-corrected chi connectivity index (χ4v) is 1.79. The summed E-state index contributed by atoms with van der Waals surface area (Å²) in [6, 6.07) is 2.43. The number of anilines is 1. The molecule has 1 aromatic rings. The number of nitrogens with two attached hydrogens (primary N) is 1. The third kappa shape index (κ3) is 2.29. The quantitative estimate of drug-likeness (QED) is 0.532. The zero-order chi connectivity index (χ0) is 14.2. The highest BCUT2D eigenvalue weighted by Gasteiger charge is 2.35. The summed E-state index contributed by atoms with van der Waals surface area (Å²) in [5.74, 6) is -0.598. The zero-order valence-corrected chi connectivity index (χ0v) is 10.2. The third-order valence-electron chi connectivity index (χ3n) is 2.88. The highest BCUT2D eigenvalue weighted by atomic mass is 16.6. The number of ether oxygens (including phenoxy) is 1. The maximum absolute atomic E-state index is 11.1. The summed E-state index contributed by atoms with van der Waals surface area (Å²) >= 11 is 0. The van der Waals surface area contributed by atoms with Crippen molar-refractivity contribution in [2.24, 2.45) is 5.73 Å². The maximum Gasteiger partial charge on any atom is 0.296 e. The molecule has 19 heavy (non-hydrogen) atoms. The fourth-order valence-electron chi connectivity index (χ4n) is 1.79. The van der Waals surface area contributed by atoms with Gasteiger partial charge in [-0.2, -0.15) is 0 Å². The first kappa shape index (κ1) is 13.1. The van der Waals surface area contributed by atoms with Gasteiger partial charge < -0.3 is 20.9 Å². The molecule has 0 aliphatic carbocycles. The van der Waals surface area contributed by atoms with Gasteiger partial charge in [0, 0.05) is 11.6 Å². The number of amides is 1. The first-order valence-electron chi connectivity index (χ1n) is 5.50. The highest BCUT2D eigenvalue weighted by molar-refractivity contribution is 5.95. The SMILES string of the molecule is CC1(CO)COc2cc(C(N)=O)cc([N+](=O)[O-])c2N1. The number of aliphatic hydroxyl groups excluding tert-OH is 1. The molecule has 1 heterocycles. The van der Waals surface area contributed by atoms with Gasteiger partial charge in [0.15, 0.2) is 5.69 Å². The lowest BCUT2D eigenvalue weighted by Crippen LogP contribution is -2.47. The summed E-state index contributed by atoms with van der Waals surface area (Å²) in [7, 11) is 0. The molecule has 0 fully saturated rings. The molecule has 0 radical (unpaired) electrons. The van der Waals surface area contributed by atoms with E-state index >= 15 is 0 Å². The lowest BCUT2D eigenvalue weighted by atomic mass is 10.0. The molecule has 0 spiro atoms. The molecule has 1 atom stereocenters. The molecule has 0 aromatic heterocycles. The average molecular weight is 267 g/mol. The molecule has 0 bridgehead atoms. The van der Waals surface area contributed by atoms with E-state index in [9.17, 15) is 20.0 Å². The normalized spacial score (nSPS) is 20.9. The Morgan fingerprint density at radius 2 is 2.37 bits per heavy atom. The standard InChI is InChI=1S/C11H13N3O5/c1-11(4-15)5-19-8-3-6(10(12)16)2-7(14(17)18)9(8)13-11/h2-3,13,15H,4-5H2,1H3,(H2,12,16). The first-order valence-corrected chi connectivity index (χ1v) is 5.50. The van der Waals surface area contributed by atoms with Crippen LogP contribution in [0.3, 0.4) is 0 Å². The Labute approximate surface area is 108 Å². The molecule has 1 unspecified atom stereocenters. The Hall–Kier alpha value is -2.35. The number of rotatable bonds is 3. The van der Waals surface area contributed by atoms with E-state index in [1.165, 1.54) is 6.07 Å². The molecule has 0 saturated heterocycles. The van der Waals surface area contributed by atoms with Crippen molar-refractivity contribution >= 4 is 17.3 Å². The summed E-state index contributed by atoms with van der Waals surface area (Å²) in [5.41, 5.74) is 4.13. The van der Waals surface area contributed by atoms with Crippen LogP contribution in [0.25, 0.3) is 0 Å². The van der Waals surface area contributed by atoms with Crippen molar-refractivity contribution < 1.29 is 19.6 Å². The van der Waals surface area contributed by atoms with Gasteiger partial charge in [0.2, 0.25) is 5.91 Å². The minimum atomic E-state index is -0.813. The number of aliphatic hydroxyl groups is 1. The van der Waals surface area contributed by atoms with Crippen LogP contribution in [0.1, 0.15) is 17.3 Å². The molecular weight excluding hydrogens is 254 g/mol. The molecule has 1 aliphatic rings. The van der Waals surface area contributed by atoms with Gasteiger partial charge in [0.1, 0.15) is 12.4 Å². The van der Waals surface area contributed by atoms with Gasteiger partial charge in [-0.05, 0) is 13.0 Å². The van der Waals surface area contributed by atoms with Crippen LogP contribution >= 0.6 is 0 Å². The number of fused-ring (bicyclic) bond motifs is 1. The number of carbonyl (C=O) groups excluding carboxylic acids is 1. The molecule has 1 amide bonds. The number of nitrogens with zero attached hydrogens (tertiary/aromatic N) is 1. The number of hydrogen-bond donors (Lipinski definition) is 3. The second-order valence-electron chi connectivity index (χ2n) is 4.62. The van der Waals surface area contributed by atoms with Gasteiger partial charge in [-0.3, -0.25) is 14.9 Å². The van der Waals surface area contributed by atoms with Crippen LogP contribution in [0.5, 0.6) is 5.75 Å². The van der Waals surface area contributed by atoms with E-state index in [0.29, 0.717) is 0 Å². The van der Waals surface area contributed by atoms with E-state index < -0.39 is 16.4 Å². The Bertz CT molecular complexity index is 560. The number of nitro benzene ring substituents is 1. The smallest absolute Gasteiger partial charge is 0.296 e. The molecule has 1 aromatic carbocycles. The Kier molecular flexibility index (Phi) is 3.03. The minimum absolute atomic E-state index is 0.000137. The fraction of sp³-hybridized carbons (Fsp3) is 0.364. The second-order valence-corrected chi connectivity index (χ2v) is 4.62. The van der Waals surface area contributed by atoms with Crippen LogP contribution in [0.15, 0.2) is 12.1 Å². The van der Waals surface area contributed by atoms with Gasteiger partial charge in [0.05, 0.1) is 17.1 Å². The van der Waals surface area contributed by atoms with Crippen molar-refractivity contribution in [1.82, 2.24) is 0 Å². The minimum Gasteiger partial charge on any atom is -0.489 e. The van der Waals surface area contributed by atoms with Crippen molar-refractivity contribution in [3.8, 4) is 5.75 Å². The van der Waals surface area contributed by atoms with Crippen LogP contribution in [0.2, 0.25) is 0 Å². The lowest BCUT2D eigenvalue weighted by Gasteiger charge is -2.34. The molecule has 8 heteroatoms. The van der Waals surface area contributed by atoms with Crippen molar-refractivity contribution in [2.75, 3.05) is 18.5 Å². The van der Waals surface area contributed by atoms with Crippen molar-refractivity contribution in [1.29, 1.82) is 0 Å². The maximum atomic E-state index is 11.1. The van der Waals surface area contributed by atoms with Gasteiger partial charge in [-0.1, -0.05) is 0 Å². The number of primary amides is 1.